The molecule has 1 unspecified atom stereocenters. The van der Waals surface area contributed by atoms with Crippen molar-refractivity contribution in [1.82, 2.24) is 4.90 Å². The summed E-state index contributed by atoms with van der Waals surface area (Å²) in [4.78, 5) is 13.8. The van der Waals surface area contributed by atoms with Gasteiger partial charge in [0, 0.05) is 18.8 Å². The van der Waals surface area contributed by atoms with Crippen LogP contribution in [0.15, 0.2) is 22.7 Å². The number of carbonyl (C=O) groups is 1. The molecule has 1 aromatic rings. The van der Waals surface area contributed by atoms with Gasteiger partial charge in [-0.2, -0.15) is 11.8 Å². The van der Waals surface area contributed by atoms with Crippen molar-refractivity contribution in [2.45, 2.75) is 12.5 Å². The Morgan fingerprint density at radius 3 is 3.00 bits per heavy atom. The topological polar surface area (TPSA) is 20.3 Å². The summed E-state index contributed by atoms with van der Waals surface area (Å²) in [6.45, 7) is 0. The maximum atomic E-state index is 13.8. The molecule has 1 aliphatic heterocycles. The highest BCUT2D eigenvalue weighted by atomic mass is 79.9. The molecule has 1 aromatic carbocycles. The minimum atomic E-state index is -0.477. The number of thioether (sulfide) groups is 1. The zero-order chi connectivity index (χ0) is 12.4. The number of rotatable bonds is 2. The van der Waals surface area contributed by atoms with E-state index in [1.165, 1.54) is 6.07 Å². The monoisotopic (exact) mass is 317 g/mol. The van der Waals surface area contributed by atoms with Crippen LogP contribution in [0.5, 0.6) is 0 Å². The van der Waals surface area contributed by atoms with E-state index in [0.29, 0.717) is 4.47 Å². The lowest BCUT2D eigenvalue weighted by molar-refractivity contribution is 0.0743. The fourth-order valence-corrected chi connectivity index (χ4v) is 3.49. The van der Waals surface area contributed by atoms with Crippen molar-refractivity contribution in [3.05, 3.63) is 34.1 Å². The van der Waals surface area contributed by atoms with Crippen molar-refractivity contribution in [3.8, 4) is 0 Å². The van der Waals surface area contributed by atoms with Gasteiger partial charge in [0.1, 0.15) is 5.82 Å². The molecule has 2 rings (SSSR count). The van der Waals surface area contributed by atoms with Gasteiger partial charge in [-0.1, -0.05) is 6.07 Å². The van der Waals surface area contributed by atoms with Gasteiger partial charge in [0.15, 0.2) is 0 Å². The number of amides is 1. The molecule has 2 nitrogen and oxygen atoms in total. The molecule has 0 aliphatic carbocycles. The normalized spacial score (nSPS) is 19.4. The zero-order valence-corrected chi connectivity index (χ0v) is 11.9. The maximum Gasteiger partial charge on any atom is 0.256 e. The first kappa shape index (κ1) is 12.9. The van der Waals surface area contributed by atoms with E-state index in [1.54, 1.807) is 24.1 Å². The Hall–Kier alpha value is -0.550. The van der Waals surface area contributed by atoms with Crippen molar-refractivity contribution < 1.29 is 9.18 Å². The van der Waals surface area contributed by atoms with Crippen LogP contribution in [-0.4, -0.2) is 35.4 Å². The fourth-order valence-electron chi connectivity index (χ4n) is 1.85. The zero-order valence-electron chi connectivity index (χ0n) is 9.45. The lowest BCUT2D eigenvalue weighted by Gasteiger charge is -2.24. The molecular formula is C12H13BrFNOS. The molecule has 0 bridgehead atoms. The van der Waals surface area contributed by atoms with Gasteiger partial charge in [-0.3, -0.25) is 4.79 Å². The molecule has 1 amide bonds. The largest absolute Gasteiger partial charge is 0.338 e. The Balaban J connectivity index is 2.21. The summed E-state index contributed by atoms with van der Waals surface area (Å²) in [6.07, 6.45) is 0.989. The van der Waals surface area contributed by atoms with Crippen molar-refractivity contribution in [2.75, 3.05) is 18.6 Å². The van der Waals surface area contributed by atoms with Crippen LogP contribution in [0.25, 0.3) is 0 Å². The van der Waals surface area contributed by atoms with Gasteiger partial charge in [0.25, 0.3) is 5.91 Å². The van der Waals surface area contributed by atoms with Gasteiger partial charge in [-0.15, -0.1) is 0 Å². The van der Waals surface area contributed by atoms with E-state index in [0.717, 1.165) is 17.9 Å². The van der Waals surface area contributed by atoms with Crippen molar-refractivity contribution in [1.29, 1.82) is 0 Å². The average molecular weight is 318 g/mol. The van der Waals surface area contributed by atoms with E-state index >= 15 is 0 Å². The number of benzene rings is 1. The van der Waals surface area contributed by atoms with Gasteiger partial charge < -0.3 is 4.90 Å². The lowest BCUT2D eigenvalue weighted by atomic mass is 10.1. The van der Waals surface area contributed by atoms with Gasteiger partial charge in [-0.05, 0) is 40.2 Å². The Kier molecular flexibility index (Phi) is 4.09. The second kappa shape index (κ2) is 5.40. The van der Waals surface area contributed by atoms with Crippen LogP contribution >= 0.6 is 27.7 Å². The average Bonchev–Trinajstić information content (AvgIpc) is 2.84. The summed E-state index contributed by atoms with van der Waals surface area (Å²) in [6, 6.07) is 5.03. The first-order chi connectivity index (χ1) is 8.11. The van der Waals surface area contributed by atoms with Crippen molar-refractivity contribution >= 4 is 33.6 Å². The molecule has 0 radical (unpaired) electrons. The molecule has 1 saturated heterocycles. The fraction of sp³-hybridized carbons (Fsp3) is 0.417. The number of halogens is 2. The van der Waals surface area contributed by atoms with E-state index in [2.05, 4.69) is 15.9 Å². The first-order valence-corrected chi connectivity index (χ1v) is 7.35. The number of hydrogen-bond donors (Lipinski definition) is 0. The Morgan fingerprint density at radius 1 is 1.59 bits per heavy atom. The number of hydrogen-bond acceptors (Lipinski definition) is 2. The van der Waals surface area contributed by atoms with Gasteiger partial charge >= 0.3 is 0 Å². The van der Waals surface area contributed by atoms with Crippen molar-refractivity contribution in [2.24, 2.45) is 0 Å². The summed E-state index contributed by atoms with van der Waals surface area (Å²) in [7, 11) is 1.75. The van der Waals surface area contributed by atoms with Gasteiger partial charge in [-0.25, -0.2) is 4.39 Å². The standard InChI is InChI=1S/C12H13BrFNOS/c1-15(8-5-6-17-7-8)12(16)9-3-2-4-10(13)11(9)14/h2-4,8H,5-7H2,1H3. The predicted molar refractivity (Wildman–Crippen MR) is 71.9 cm³/mol. The van der Waals surface area contributed by atoms with E-state index in [1.807, 2.05) is 11.8 Å². The molecule has 0 aromatic heterocycles. The summed E-state index contributed by atoms with van der Waals surface area (Å²) in [5.41, 5.74) is 0.138. The summed E-state index contributed by atoms with van der Waals surface area (Å²) in [5.74, 6) is 1.30. The van der Waals surface area contributed by atoms with Crippen molar-refractivity contribution in [3.63, 3.8) is 0 Å². The summed E-state index contributed by atoms with van der Waals surface area (Å²) < 4.78 is 14.1. The van der Waals surface area contributed by atoms with Crippen LogP contribution < -0.4 is 0 Å². The first-order valence-electron chi connectivity index (χ1n) is 5.40. The predicted octanol–water partition coefficient (Wildman–Crippen LogP) is 3.17. The Bertz CT molecular complexity index is 435. The molecule has 1 fully saturated rings. The molecule has 0 N–H and O–H groups in total. The highest BCUT2D eigenvalue weighted by Gasteiger charge is 2.26. The van der Waals surface area contributed by atoms with Crippen LogP contribution in [-0.2, 0) is 0 Å². The Morgan fingerprint density at radius 2 is 2.35 bits per heavy atom. The maximum absolute atomic E-state index is 13.8. The highest BCUT2D eigenvalue weighted by molar-refractivity contribution is 9.10. The van der Waals surface area contributed by atoms with Crippen LogP contribution in [0, 0.1) is 5.82 Å². The SMILES string of the molecule is CN(C(=O)c1cccc(Br)c1F)C1CCSC1. The lowest BCUT2D eigenvalue weighted by Crippen LogP contribution is -2.37. The summed E-state index contributed by atoms with van der Waals surface area (Å²) in [5, 5.41) is 0. The molecule has 5 heteroatoms. The molecule has 1 atom stereocenters. The minimum absolute atomic E-state index is 0.138. The third-order valence-corrected chi connectivity index (χ3v) is 4.71. The molecule has 17 heavy (non-hydrogen) atoms. The molecule has 1 aliphatic rings. The van der Waals surface area contributed by atoms with E-state index in [9.17, 15) is 9.18 Å². The molecule has 0 saturated carbocycles. The van der Waals surface area contributed by atoms with Gasteiger partial charge in [0.05, 0.1) is 10.0 Å². The minimum Gasteiger partial charge on any atom is -0.338 e. The van der Waals surface area contributed by atoms with Crippen LogP contribution in [0.2, 0.25) is 0 Å². The number of nitrogens with zero attached hydrogens (tertiary/aromatic N) is 1. The van der Waals surface area contributed by atoms with Crippen LogP contribution in [0.4, 0.5) is 4.39 Å². The van der Waals surface area contributed by atoms with Crippen LogP contribution in [0.1, 0.15) is 16.8 Å². The van der Waals surface area contributed by atoms with Crippen LogP contribution in [0.3, 0.4) is 0 Å². The number of carbonyl (C=O) groups excluding carboxylic acids is 1. The smallest absolute Gasteiger partial charge is 0.256 e. The summed E-state index contributed by atoms with van der Waals surface area (Å²) >= 11 is 4.93. The molecular weight excluding hydrogens is 305 g/mol. The van der Waals surface area contributed by atoms with Gasteiger partial charge in [0.2, 0.25) is 0 Å². The van der Waals surface area contributed by atoms with E-state index in [4.69, 9.17) is 0 Å². The quantitative estimate of drug-likeness (QED) is 0.835. The molecule has 1 heterocycles. The molecule has 92 valence electrons. The second-order valence-electron chi connectivity index (χ2n) is 4.03. The second-order valence-corrected chi connectivity index (χ2v) is 6.04. The highest BCUT2D eigenvalue weighted by Crippen LogP contribution is 2.24. The van der Waals surface area contributed by atoms with E-state index < -0.39 is 5.82 Å². The third kappa shape index (κ3) is 2.65. The third-order valence-electron chi connectivity index (χ3n) is 2.96. The Labute approximate surface area is 113 Å². The van der Waals surface area contributed by atoms with E-state index in [-0.39, 0.29) is 17.5 Å². The molecule has 0 spiro atoms.